The van der Waals surface area contributed by atoms with Gasteiger partial charge >= 0.3 is 0 Å². The number of aromatic nitrogens is 1. The molecular formula is C10H16ClN3O. The third-order valence-electron chi connectivity index (χ3n) is 2.14. The van der Waals surface area contributed by atoms with Crippen molar-refractivity contribution < 1.29 is 4.79 Å². The number of halogens is 1. The van der Waals surface area contributed by atoms with Crippen LogP contribution in [-0.4, -0.2) is 16.9 Å². The van der Waals surface area contributed by atoms with Crippen LogP contribution in [0.4, 0.5) is 0 Å². The standard InChI is InChI=1S/C10H15N3O.ClH/c1-7-9(4-3-5-12-7)6-13-8(2)10(11)14;/h3-5,8,13H,6H2,1-2H3,(H2,11,14);1H. The van der Waals surface area contributed by atoms with Gasteiger partial charge in [-0.15, -0.1) is 12.4 Å². The predicted molar refractivity (Wildman–Crippen MR) is 61.7 cm³/mol. The first-order valence-electron chi connectivity index (χ1n) is 4.54. The Bertz CT molecular complexity index is 330. The van der Waals surface area contributed by atoms with E-state index in [0.717, 1.165) is 11.3 Å². The lowest BCUT2D eigenvalue weighted by atomic mass is 10.2. The number of nitrogens with one attached hydrogen (secondary N) is 1. The fourth-order valence-corrected chi connectivity index (χ4v) is 1.07. The quantitative estimate of drug-likeness (QED) is 0.802. The van der Waals surface area contributed by atoms with Crippen molar-refractivity contribution >= 4 is 18.3 Å². The minimum atomic E-state index is -0.341. The van der Waals surface area contributed by atoms with Crippen LogP contribution in [0, 0.1) is 6.92 Å². The normalized spacial score (nSPS) is 11.6. The summed E-state index contributed by atoms with van der Waals surface area (Å²) in [4.78, 5) is 14.9. The molecule has 0 aliphatic carbocycles. The van der Waals surface area contributed by atoms with Crippen molar-refractivity contribution in [3.8, 4) is 0 Å². The molecule has 84 valence electrons. The lowest BCUT2D eigenvalue weighted by molar-refractivity contribution is -0.119. The second kappa shape index (κ2) is 6.37. The molecule has 1 rings (SSSR count). The van der Waals surface area contributed by atoms with Crippen molar-refractivity contribution in [2.45, 2.75) is 26.4 Å². The van der Waals surface area contributed by atoms with Gasteiger partial charge in [-0.2, -0.15) is 0 Å². The van der Waals surface area contributed by atoms with E-state index in [1.165, 1.54) is 0 Å². The molecule has 0 aliphatic heterocycles. The van der Waals surface area contributed by atoms with Gasteiger partial charge in [0.15, 0.2) is 0 Å². The number of aryl methyl sites for hydroxylation is 1. The van der Waals surface area contributed by atoms with E-state index in [-0.39, 0.29) is 24.4 Å². The van der Waals surface area contributed by atoms with Gasteiger partial charge in [0.05, 0.1) is 6.04 Å². The van der Waals surface area contributed by atoms with Crippen LogP contribution in [0.2, 0.25) is 0 Å². The Kier molecular flexibility index (Phi) is 5.89. The molecule has 1 unspecified atom stereocenters. The summed E-state index contributed by atoms with van der Waals surface area (Å²) in [6.45, 7) is 4.30. The van der Waals surface area contributed by atoms with Crippen LogP contribution >= 0.6 is 12.4 Å². The third kappa shape index (κ3) is 4.27. The SMILES string of the molecule is Cc1ncccc1CNC(C)C(N)=O.Cl. The van der Waals surface area contributed by atoms with Crippen molar-refractivity contribution in [2.24, 2.45) is 5.73 Å². The molecule has 15 heavy (non-hydrogen) atoms. The summed E-state index contributed by atoms with van der Waals surface area (Å²) in [6, 6.07) is 3.54. The first-order valence-corrected chi connectivity index (χ1v) is 4.54. The topological polar surface area (TPSA) is 68.0 Å². The van der Waals surface area contributed by atoms with Gasteiger partial charge in [-0.25, -0.2) is 0 Å². The molecule has 0 fully saturated rings. The monoisotopic (exact) mass is 229 g/mol. The predicted octanol–water partition coefficient (Wildman–Crippen LogP) is 0.775. The number of carbonyl (C=O) groups is 1. The number of hydrogen-bond acceptors (Lipinski definition) is 3. The van der Waals surface area contributed by atoms with E-state index in [1.807, 2.05) is 19.1 Å². The molecule has 0 saturated heterocycles. The van der Waals surface area contributed by atoms with Crippen molar-refractivity contribution in [3.63, 3.8) is 0 Å². The Hall–Kier alpha value is -1.13. The van der Waals surface area contributed by atoms with E-state index in [9.17, 15) is 4.79 Å². The van der Waals surface area contributed by atoms with E-state index in [2.05, 4.69) is 10.3 Å². The average molecular weight is 230 g/mol. The molecule has 1 heterocycles. The molecule has 0 aromatic carbocycles. The number of rotatable bonds is 4. The molecule has 0 spiro atoms. The molecule has 1 aromatic rings. The van der Waals surface area contributed by atoms with Gasteiger partial charge in [0, 0.05) is 18.4 Å². The number of hydrogen-bond donors (Lipinski definition) is 2. The fraction of sp³-hybridized carbons (Fsp3) is 0.400. The van der Waals surface area contributed by atoms with E-state index in [4.69, 9.17) is 5.73 Å². The molecule has 1 amide bonds. The number of carbonyl (C=O) groups excluding carboxylic acids is 1. The molecule has 1 atom stereocenters. The zero-order chi connectivity index (χ0) is 10.6. The molecular weight excluding hydrogens is 214 g/mol. The molecule has 1 aromatic heterocycles. The minimum Gasteiger partial charge on any atom is -0.368 e. The fourth-order valence-electron chi connectivity index (χ4n) is 1.07. The average Bonchev–Trinajstić information content (AvgIpc) is 2.16. The summed E-state index contributed by atoms with van der Waals surface area (Å²) in [5.74, 6) is -0.341. The molecule has 0 aliphatic rings. The van der Waals surface area contributed by atoms with Gasteiger partial charge in [-0.1, -0.05) is 6.07 Å². The molecule has 0 saturated carbocycles. The lowest BCUT2D eigenvalue weighted by Crippen LogP contribution is -2.38. The molecule has 5 heteroatoms. The van der Waals surface area contributed by atoms with Crippen LogP contribution in [0.15, 0.2) is 18.3 Å². The smallest absolute Gasteiger partial charge is 0.234 e. The van der Waals surface area contributed by atoms with Gasteiger partial charge in [0.1, 0.15) is 0 Å². The van der Waals surface area contributed by atoms with Gasteiger partial charge < -0.3 is 11.1 Å². The zero-order valence-corrected chi connectivity index (χ0v) is 9.67. The Morgan fingerprint density at radius 2 is 2.33 bits per heavy atom. The highest BCUT2D eigenvalue weighted by Crippen LogP contribution is 2.02. The second-order valence-corrected chi connectivity index (χ2v) is 3.25. The van der Waals surface area contributed by atoms with E-state index in [1.54, 1.807) is 13.1 Å². The highest BCUT2D eigenvalue weighted by atomic mass is 35.5. The first-order chi connectivity index (χ1) is 6.61. The Balaban J connectivity index is 0.00000196. The van der Waals surface area contributed by atoms with Crippen molar-refractivity contribution in [2.75, 3.05) is 0 Å². The summed E-state index contributed by atoms with van der Waals surface area (Å²) in [7, 11) is 0. The number of pyridine rings is 1. The summed E-state index contributed by atoms with van der Waals surface area (Å²) in [6.07, 6.45) is 1.75. The Labute approximate surface area is 95.7 Å². The van der Waals surface area contributed by atoms with E-state index >= 15 is 0 Å². The first kappa shape index (κ1) is 13.9. The van der Waals surface area contributed by atoms with Crippen molar-refractivity contribution in [1.29, 1.82) is 0 Å². The molecule has 3 N–H and O–H groups in total. The Morgan fingerprint density at radius 3 is 2.87 bits per heavy atom. The van der Waals surface area contributed by atoms with Crippen LogP contribution in [-0.2, 0) is 11.3 Å². The van der Waals surface area contributed by atoms with Crippen LogP contribution < -0.4 is 11.1 Å². The van der Waals surface area contributed by atoms with Crippen LogP contribution in [0.3, 0.4) is 0 Å². The summed E-state index contributed by atoms with van der Waals surface area (Å²) in [5.41, 5.74) is 7.17. The van der Waals surface area contributed by atoms with Gasteiger partial charge in [0.2, 0.25) is 5.91 Å². The second-order valence-electron chi connectivity index (χ2n) is 3.25. The van der Waals surface area contributed by atoms with Crippen LogP contribution in [0.5, 0.6) is 0 Å². The molecule has 4 nitrogen and oxygen atoms in total. The molecule has 0 radical (unpaired) electrons. The van der Waals surface area contributed by atoms with Gasteiger partial charge in [0.25, 0.3) is 0 Å². The third-order valence-corrected chi connectivity index (χ3v) is 2.14. The number of primary amides is 1. The number of nitrogens with zero attached hydrogens (tertiary/aromatic N) is 1. The van der Waals surface area contributed by atoms with E-state index in [0.29, 0.717) is 6.54 Å². The maximum atomic E-state index is 10.7. The highest BCUT2D eigenvalue weighted by Gasteiger charge is 2.07. The minimum absolute atomic E-state index is 0. The summed E-state index contributed by atoms with van der Waals surface area (Å²) in [5, 5.41) is 3.02. The van der Waals surface area contributed by atoms with Crippen molar-refractivity contribution in [1.82, 2.24) is 10.3 Å². The number of nitrogens with two attached hydrogens (primary N) is 1. The van der Waals surface area contributed by atoms with Gasteiger partial charge in [-0.3, -0.25) is 9.78 Å². The van der Waals surface area contributed by atoms with E-state index < -0.39 is 0 Å². The zero-order valence-electron chi connectivity index (χ0n) is 8.86. The lowest BCUT2D eigenvalue weighted by Gasteiger charge is -2.10. The van der Waals surface area contributed by atoms with Crippen LogP contribution in [0.1, 0.15) is 18.2 Å². The summed E-state index contributed by atoms with van der Waals surface area (Å²) >= 11 is 0. The number of amides is 1. The largest absolute Gasteiger partial charge is 0.368 e. The van der Waals surface area contributed by atoms with Crippen molar-refractivity contribution in [3.05, 3.63) is 29.6 Å². The van der Waals surface area contributed by atoms with Gasteiger partial charge in [-0.05, 0) is 25.5 Å². The Morgan fingerprint density at radius 1 is 1.67 bits per heavy atom. The highest BCUT2D eigenvalue weighted by molar-refractivity contribution is 5.85. The summed E-state index contributed by atoms with van der Waals surface area (Å²) < 4.78 is 0. The maximum absolute atomic E-state index is 10.7. The van der Waals surface area contributed by atoms with Crippen LogP contribution in [0.25, 0.3) is 0 Å². The molecule has 0 bridgehead atoms. The maximum Gasteiger partial charge on any atom is 0.234 e.